The normalized spacial score (nSPS) is 48.8. The molecule has 5 fully saturated rings. The fourth-order valence-corrected chi connectivity index (χ4v) is 10.4. The number of carbonyl (C=O) groups excluding carboxylic acids is 2. The second-order valence-corrected chi connectivity index (χ2v) is 14.6. The van der Waals surface area contributed by atoms with Gasteiger partial charge in [0.2, 0.25) is 0 Å². The molecule has 9 atom stereocenters. The van der Waals surface area contributed by atoms with Gasteiger partial charge < -0.3 is 14.6 Å². The van der Waals surface area contributed by atoms with Gasteiger partial charge in [0.15, 0.2) is 29.1 Å². The lowest BCUT2D eigenvalue weighted by molar-refractivity contribution is -0.232. The fraction of sp³-hybridized carbons (Fsp3) is 0.818. The molecule has 2 saturated heterocycles. The molecule has 0 bridgehead atoms. The molecule has 0 aromatic heterocycles. The first-order valence-corrected chi connectivity index (χ1v) is 16.0. The Morgan fingerprint density at radius 3 is 2.59 bits per heavy atom. The molecule has 2 heterocycles. The molecular weight excluding hydrogens is 528 g/mol. The highest BCUT2D eigenvalue weighted by Crippen LogP contribution is 2.71. The zero-order valence-electron chi connectivity index (χ0n) is 24.5. The number of carbonyl (C=O) groups is 2. The summed E-state index contributed by atoms with van der Waals surface area (Å²) in [5.41, 5.74) is -4.41. The number of hydrogen-bond acceptors (Lipinski definition) is 6. The van der Waals surface area contributed by atoms with Gasteiger partial charge in [-0.2, -0.15) is 0 Å². The van der Waals surface area contributed by atoms with Gasteiger partial charge in [-0.15, -0.1) is 0 Å². The van der Waals surface area contributed by atoms with E-state index in [1.165, 1.54) is 12.5 Å². The summed E-state index contributed by atoms with van der Waals surface area (Å²) in [4.78, 5) is 28.8. The molecule has 226 valence electrons. The highest BCUT2D eigenvalue weighted by molar-refractivity contribution is 5.94. The number of likely N-dealkylation sites (tertiary alicyclic amines) is 1. The molecule has 2 aliphatic heterocycles. The maximum Gasteiger partial charge on any atom is 0.181 e. The Morgan fingerprint density at radius 1 is 1.12 bits per heavy atom. The third-order valence-corrected chi connectivity index (χ3v) is 12.7. The van der Waals surface area contributed by atoms with Crippen molar-refractivity contribution in [1.82, 2.24) is 4.90 Å². The third kappa shape index (κ3) is 3.85. The van der Waals surface area contributed by atoms with Gasteiger partial charge in [-0.25, -0.2) is 8.78 Å². The molecule has 0 radical (unpaired) electrons. The number of alkyl halides is 2. The van der Waals surface area contributed by atoms with Gasteiger partial charge in [0.25, 0.3) is 0 Å². The van der Waals surface area contributed by atoms with E-state index in [-0.39, 0.29) is 42.8 Å². The van der Waals surface area contributed by atoms with Crippen molar-refractivity contribution in [2.75, 3.05) is 19.6 Å². The molecule has 3 saturated carbocycles. The van der Waals surface area contributed by atoms with Crippen molar-refractivity contribution in [1.29, 1.82) is 0 Å². The maximum atomic E-state index is 17.7. The Bertz CT molecular complexity index is 1160. The van der Waals surface area contributed by atoms with E-state index in [1.807, 2.05) is 24.8 Å². The second-order valence-electron chi connectivity index (χ2n) is 14.6. The second kappa shape index (κ2) is 9.76. The van der Waals surface area contributed by atoms with Crippen LogP contribution >= 0.6 is 0 Å². The minimum Gasteiger partial charge on any atom is -0.390 e. The molecule has 0 aromatic rings. The number of piperidine rings is 1. The molecule has 8 heteroatoms. The first-order valence-electron chi connectivity index (χ1n) is 16.0. The zero-order chi connectivity index (χ0) is 28.8. The molecule has 0 spiro atoms. The van der Waals surface area contributed by atoms with Crippen LogP contribution in [0.4, 0.5) is 8.78 Å². The van der Waals surface area contributed by atoms with Crippen molar-refractivity contribution in [3.8, 4) is 0 Å². The molecular formula is C33H45F2NO5. The van der Waals surface area contributed by atoms with Gasteiger partial charge in [0.1, 0.15) is 6.17 Å². The Balaban J connectivity index is 1.26. The number of rotatable bonds is 4. The van der Waals surface area contributed by atoms with Gasteiger partial charge in [-0.1, -0.05) is 43.9 Å². The molecule has 41 heavy (non-hydrogen) atoms. The van der Waals surface area contributed by atoms with Gasteiger partial charge >= 0.3 is 0 Å². The van der Waals surface area contributed by atoms with Crippen molar-refractivity contribution >= 4 is 11.6 Å². The highest BCUT2D eigenvalue weighted by atomic mass is 19.1. The summed E-state index contributed by atoms with van der Waals surface area (Å²) in [7, 11) is 0. The monoisotopic (exact) mass is 573 g/mol. The Morgan fingerprint density at radius 2 is 1.85 bits per heavy atom. The minimum atomic E-state index is -1.97. The van der Waals surface area contributed by atoms with Crippen LogP contribution in [-0.4, -0.2) is 77.1 Å². The van der Waals surface area contributed by atoms with Crippen LogP contribution in [-0.2, 0) is 19.1 Å². The summed E-state index contributed by atoms with van der Waals surface area (Å²) in [5, 5.41) is 11.8. The van der Waals surface area contributed by atoms with Crippen LogP contribution < -0.4 is 0 Å². The van der Waals surface area contributed by atoms with Crippen molar-refractivity contribution < 1.29 is 33.0 Å². The van der Waals surface area contributed by atoms with Crippen LogP contribution in [0.25, 0.3) is 0 Å². The Hall–Kier alpha value is -1.48. The van der Waals surface area contributed by atoms with E-state index in [0.717, 1.165) is 31.3 Å². The quantitative estimate of drug-likeness (QED) is 0.476. The predicted octanol–water partition coefficient (Wildman–Crippen LogP) is 5.03. The lowest BCUT2D eigenvalue weighted by Crippen LogP contribution is -2.69. The van der Waals surface area contributed by atoms with Crippen LogP contribution in [0.15, 0.2) is 23.8 Å². The van der Waals surface area contributed by atoms with Crippen LogP contribution in [0.2, 0.25) is 0 Å². The lowest BCUT2D eigenvalue weighted by Gasteiger charge is -2.62. The summed E-state index contributed by atoms with van der Waals surface area (Å²) in [5.74, 6) is -0.669. The number of halogens is 2. The van der Waals surface area contributed by atoms with Gasteiger partial charge in [0.05, 0.1) is 18.8 Å². The van der Waals surface area contributed by atoms with E-state index < -0.39 is 52.7 Å². The Labute approximate surface area is 241 Å². The molecule has 6 nitrogen and oxygen atoms in total. The molecule has 7 rings (SSSR count). The van der Waals surface area contributed by atoms with Gasteiger partial charge in [-0.05, 0) is 63.9 Å². The first-order chi connectivity index (χ1) is 19.5. The lowest BCUT2D eigenvalue weighted by atomic mass is 9.45. The van der Waals surface area contributed by atoms with E-state index in [9.17, 15) is 19.1 Å². The predicted molar refractivity (Wildman–Crippen MR) is 148 cm³/mol. The average molecular weight is 574 g/mol. The number of hydrogen-bond donors (Lipinski definition) is 1. The number of ketones is 2. The van der Waals surface area contributed by atoms with E-state index in [2.05, 4.69) is 0 Å². The van der Waals surface area contributed by atoms with Gasteiger partial charge in [0, 0.05) is 42.2 Å². The smallest absolute Gasteiger partial charge is 0.181 e. The van der Waals surface area contributed by atoms with Crippen LogP contribution in [0, 0.1) is 28.6 Å². The van der Waals surface area contributed by atoms with E-state index in [1.54, 1.807) is 6.08 Å². The van der Waals surface area contributed by atoms with Crippen molar-refractivity contribution in [2.24, 2.45) is 28.6 Å². The number of Topliss-reactive ketones (excluding diaryl/α,β-unsaturated/α-hetero) is 1. The van der Waals surface area contributed by atoms with Crippen LogP contribution in [0.1, 0.15) is 84.5 Å². The van der Waals surface area contributed by atoms with E-state index in [4.69, 9.17) is 9.47 Å². The Kier molecular flexibility index (Phi) is 6.74. The number of ether oxygens (including phenoxy) is 2. The summed E-state index contributed by atoms with van der Waals surface area (Å²) in [6, 6.07) is 0. The summed E-state index contributed by atoms with van der Waals surface area (Å²) in [6.07, 6.45) is 9.45. The zero-order valence-corrected chi connectivity index (χ0v) is 24.5. The summed E-state index contributed by atoms with van der Waals surface area (Å²) < 4.78 is 45.2. The number of allylic oxidation sites excluding steroid dienone is 4. The molecule has 0 amide bonds. The highest BCUT2D eigenvalue weighted by Gasteiger charge is 2.79. The van der Waals surface area contributed by atoms with Crippen molar-refractivity contribution in [2.45, 2.75) is 120 Å². The standard InChI is InChI=1S/C33H45F2NO5/c1-30-13-10-23(37)16-21(30)8-9-24-25-17-28-33(31(25,2)18-26(38)32(24,30)35,27(39)19-36-14-11-22(34)12-15-36)41-29(40-28)20-6-4-3-5-7-20/h8,10,13,20,22,24-26,28-29,38H,3-7,9,11-12,14-19H2,1-2H3/t24-,25-,26-,28+,29+,30-,31-,32-,33+/m0/s1. The summed E-state index contributed by atoms with van der Waals surface area (Å²) in [6.45, 7) is 5.05. The molecule has 1 N–H and O–H groups in total. The SMILES string of the molecule is C[C@]12C=CC(=O)CC1=CC[C@H]1[C@@H]3C[C@H]4O[C@@H](C5CCCCC5)O[C@@]4(C(=O)CN4CCC(F)CC4)[C@@]3(C)C[C@H](O)[C@@]12F. The maximum absolute atomic E-state index is 17.7. The topological polar surface area (TPSA) is 76.1 Å². The van der Waals surface area contributed by atoms with Crippen LogP contribution in [0.3, 0.4) is 0 Å². The summed E-state index contributed by atoms with van der Waals surface area (Å²) >= 11 is 0. The van der Waals surface area contributed by atoms with Crippen molar-refractivity contribution in [3.63, 3.8) is 0 Å². The molecule has 7 aliphatic rings. The van der Waals surface area contributed by atoms with Crippen LogP contribution in [0.5, 0.6) is 0 Å². The molecule has 0 aromatic carbocycles. The third-order valence-electron chi connectivity index (χ3n) is 12.7. The average Bonchev–Trinajstić information content (AvgIpc) is 3.45. The number of aliphatic hydroxyl groups excluding tert-OH is 1. The van der Waals surface area contributed by atoms with E-state index >= 15 is 4.39 Å². The first kappa shape index (κ1) is 28.3. The largest absolute Gasteiger partial charge is 0.390 e. The number of aliphatic hydroxyl groups is 1. The van der Waals surface area contributed by atoms with E-state index in [0.29, 0.717) is 38.8 Å². The van der Waals surface area contributed by atoms with Crippen molar-refractivity contribution in [3.05, 3.63) is 23.8 Å². The number of nitrogens with zero attached hydrogens (tertiary/aromatic N) is 1. The van der Waals surface area contributed by atoms with Gasteiger partial charge in [-0.3, -0.25) is 14.5 Å². The fourth-order valence-electron chi connectivity index (χ4n) is 10.4. The number of fused-ring (bicyclic) bond motifs is 7. The molecule has 5 aliphatic carbocycles. The minimum absolute atomic E-state index is 0.0433. The molecule has 0 unspecified atom stereocenters.